The summed E-state index contributed by atoms with van der Waals surface area (Å²) in [5.74, 6) is -0.0524. The molecule has 1 amide bonds. The van der Waals surface area contributed by atoms with Crippen molar-refractivity contribution in [1.82, 2.24) is 10.2 Å². The summed E-state index contributed by atoms with van der Waals surface area (Å²) in [4.78, 5) is 27.5. The summed E-state index contributed by atoms with van der Waals surface area (Å²) in [5.41, 5.74) is -0.599. The first kappa shape index (κ1) is 25.8. The molecule has 0 radical (unpaired) electrons. The fraction of sp³-hybridized carbons (Fsp3) is 0.407. The van der Waals surface area contributed by atoms with Crippen LogP contribution in [0.15, 0.2) is 58.9 Å². The number of carbonyl (C=O) groups is 2. The van der Waals surface area contributed by atoms with Gasteiger partial charge in [-0.15, -0.1) is 17.9 Å². The zero-order valence-corrected chi connectivity index (χ0v) is 22.2. The molecule has 2 aliphatic rings. The van der Waals surface area contributed by atoms with Gasteiger partial charge in [-0.2, -0.15) is 0 Å². The maximum Gasteiger partial charge on any atom is 0.308 e. The number of esters is 1. The van der Waals surface area contributed by atoms with Crippen LogP contribution in [-0.4, -0.2) is 53.2 Å². The lowest BCUT2D eigenvalue weighted by Gasteiger charge is -2.58. The third kappa shape index (κ3) is 5.77. The number of β-amino-alcohol motifs (C(OH)–C–C–N with tert-alkyl or cyclic N) is 1. The van der Waals surface area contributed by atoms with Gasteiger partial charge in [-0.3, -0.25) is 14.5 Å². The van der Waals surface area contributed by atoms with E-state index >= 15 is 0 Å². The van der Waals surface area contributed by atoms with E-state index in [-0.39, 0.29) is 17.9 Å². The molecule has 3 atom stereocenters. The quantitative estimate of drug-likeness (QED) is 0.223. The van der Waals surface area contributed by atoms with Gasteiger partial charge >= 0.3 is 5.97 Å². The smallest absolute Gasteiger partial charge is 0.308 e. The second-order valence-electron chi connectivity index (χ2n) is 9.46. The molecule has 2 fully saturated rings. The highest BCUT2D eigenvalue weighted by atomic mass is 79.9. The van der Waals surface area contributed by atoms with Crippen LogP contribution in [0.1, 0.15) is 43.0 Å². The number of fused-ring (bicyclic) bond motifs is 1. The Balaban J connectivity index is 1.59. The number of aliphatic hydroxyl groups is 1. The number of nitrogens with zero attached hydrogens (tertiary/aromatic N) is 1. The molecule has 1 aliphatic carbocycles. The minimum absolute atomic E-state index is 0.0779. The maximum atomic E-state index is 12.7. The molecule has 1 aromatic heterocycles. The monoisotopic (exact) mass is 558 g/mol. The third-order valence-corrected chi connectivity index (χ3v) is 8.76. The van der Waals surface area contributed by atoms with Gasteiger partial charge in [0, 0.05) is 52.3 Å². The summed E-state index contributed by atoms with van der Waals surface area (Å²) in [6.07, 6.45) is 7.84. The lowest BCUT2D eigenvalue weighted by Crippen LogP contribution is -2.67. The zero-order chi connectivity index (χ0) is 25.1. The van der Waals surface area contributed by atoms with Crippen molar-refractivity contribution >= 4 is 45.2 Å². The lowest BCUT2D eigenvalue weighted by atomic mass is 9.55. The second kappa shape index (κ2) is 10.8. The van der Waals surface area contributed by atoms with Gasteiger partial charge in [-0.05, 0) is 78.0 Å². The predicted molar refractivity (Wildman–Crippen MR) is 142 cm³/mol. The molecule has 0 bridgehead atoms. The van der Waals surface area contributed by atoms with Crippen molar-refractivity contribution in [2.24, 2.45) is 0 Å². The van der Waals surface area contributed by atoms with Crippen molar-refractivity contribution in [3.05, 3.63) is 69.4 Å². The van der Waals surface area contributed by atoms with E-state index in [2.05, 4.69) is 32.7 Å². The van der Waals surface area contributed by atoms with Crippen molar-refractivity contribution in [3.8, 4) is 5.75 Å². The van der Waals surface area contributed by atoms with E-state index < -0.39 is 11.0 Å². The number of hydrogen-bond donors (Lipinski definition) is 2. The van der Waals surface area contributed by atoms with Crippen molar-refractivity contribution in [1.29, 1.82) is 0 Å². The average Bonchev–Trinajstić information content (AvgIpc) is 3.23. The number of rotatable bonds is 7. The van der Waals surface area contributed by atoms with Crippen LogP contribution in [0.4, 0.5) is 0 Å². The highest BCUT2D eigenvalue weighted by Gasteiger charge is 2.57. The Morgan fingerprint density at radius 1 is 1.37 bits per heavy atom. The van der Waals surface area contributed by atoms with Crippen molar-refractivity contribution in [2.45, 2.75) is 49.7 Å². The number of piperidine rings is 1. The Morgan fingerprint density at radius 3 is 2.91 bits per heavy atom. The van der Waals surface area contributed by atoms with E-state index in [9.17, 15) is 14.7 Å². The van der Waals surface area contributed by atoms with Crippen LogP contribution in [0.5, 0.6) is 5.75 Å². The van der Waals surface area contributed by atoms with Crippen LogP contribution in [0.3, 0.4) is 0 Å². The van der Waals surface area contributed by atoms with Crippen molar-refractivity contribution in [2.75, 3.05) is 19.6 Å². The molecular formula is C27H31BrN2O4S. The van der Waals surface area contributed by atoms with E-state index in [1.165, 1.54) is 6.92 Å². The molecule has 8 heteroatoms. The normalized spacial score (nSPS) is 26.8. The number of hydrogen-bond acceptors (Lipinski definition) is 6. The van der Waals surface area contributed by atoms with Crippen LogP contribution in [0.25, 0.3) is 6.08 Å². The molecule has 1 saturated heterocycles. The summed E-state index contributed by atoms with van der Waals surface area (Å²) in [6.45, 7) is 7.29. The predicted octanol–water partition coefficient (Wildman–Crippen LogP) is 4.68. The molecule has 0 unspecified atom stereocenters. The highest BCUT2D eigenvalue weighted by Crippen LogP contribution is 2.52. The van der Waals surface area contributed by atoms with Crippen LogP contribution >= 0.6 is 27.3 Å². The zero-order valence-electron chi connectivity index (χ0n) is 19.8. The van der Waals surface area contributed by atoms with Gasteiger partial charge in [0.25, 0.3) is 0 Å². The molecule has 186 valence electrons. The fourth-order valence-corrected chi connectivity index (χ4v) is 6.90. The Bertz CT molecular complexity index is 1130. The molecule has 1 aliphatic heterocycles. The number of nitrogens with one attached hydrogen (secondary N) is 1. The van der Waals surface area contributed by atoms with Crippen molar-refractivity contribution < 1.29 is 19.4 Å². The molecule has 6 nitrogen and oxygen atoms in total. The summed E-state index contributed by atoms with van der Waals surface area (Å²) in [7, 11) is 0. The number of thiophene rings is 1. The standard InChI is InChI=1S/C27H31BrN2O4S/c1-3-12-30-13-11-26(20-5-4-6-23(14-20)34-19(2)31)16-22(9-10-27(26,33)18-30)29-25(32)8-7-24-15-21(28)17-35-24/h3-8,14-15,17,22,33H,1,9-13,16,18H2,2H3,(H,29,32)/t22-,26+,27+/m1/s1. The molecular weight excluding hydrogens is 528 g/mol. The first-order chi connectivity index (χ1) is 16.7. The minimum Gasteiger partial charge on any atom is -0.427 e. The van der Waals surface area contributed by atoms with E-state index in [1.54, 1.807) is 23.5 Å². The average molecular weight is 560 g/mol. The van der Waals surface area contributed by atoms with Gasteiger partial charge in [0.15, 0.2) is 0 Å². The number of benzene rings is 1. The number of ether oxygens (including phenoxy) is 1. The van der Waals surface area contributed by atoms with E-state index in [1.807, 2.05) is 41.8 Å². The Labute approximate surface area is 218 Å². The maximum absolute atomic E-state index is 12.7. The van der Waals surface area contributed by atoms with Gasteiger partial charge in [-0.1, -0.05) is 18.2 Å². The van der Waals surface area contributed by atoms with Crippen LogP contribution < -0.4 is 10.1 Å². The molecule has 0 spiro atoms. The van der Waals surface area contributed by atoms with E-state index in [4.69, 9.17) is 4.74 Å². The summed E-state index contributed by atoms with van der Waals surface area (Å²) >= 11 is 5.00. The van der Waals surface area contributed by atoms with E-state index in [0.29, 0.717) is 31.6 Å². The second-order valence-corrected chi connectivity index (χ2v) is 11.3. The SMILES string of the molecule is C=CCN1CC[C@@]2(c3cccc(OC(C)=O)c3)C[C@H](NC(=O)C=Cc3cc(Br)cs3)CC[C@]2(O)C1. The topological polar surface area (TPSA) is 78.9 Å². The largest absolute Gasteiger partial charge is 0.427 e. The number of amides is 1. The van der Waals surface area contributed by atoms with Gasteiger partial charge in [0.05, 0.1) is 5.60 Å². The summed E-state index contributed by atoms with van der Waals surface area (Å²) < 4.78 is 6.35. The van der Waals surface area contributed by atoms with E-state index in [0.717, 1.165) is 34.4 Å². The summed E-state index contributed by atoms with van der Waals surface area (Å²) in [6, 6.07) is 9.38. The third-order valence-electron chi connectivity index (χ3n) is 7.10. The molecule has 1 aromatic carbocycles. The number of carbonyl (C=O) groups excluding carboxylic acids is 2. The Kier molecular flexibility index (Phi) is 7.96. The van der Waals surface area contributed by atoms with Crippen LogP contribution in [0, 0.1) is 0 Å². The van der Waals surface area contributed by atoms with Gasteiger partial charge in [0.2, 0.25) is 5.91 Å². The Hall–Kier alpha value is -2.26. The molecule has 35 heavy (non-hydrogen) atoms. The van der Waals surface area contributed by atoms with Crippen molar-refractivity contribution in [3.63, 3.8) is 0 Å². The fourth-order valence-electron chi connectivity index (χ4n) is 5.57. The first-order valence-corrected chi connectivity index (χ1v) is 13.5. The number of halogens is 1. The molecule has 2 heterocycles. The molecule has 2 N–H and O–H groups in total. The van der Waals surface area contributed by atoms with Gasteiger partial charge in [-0.25, -0.2) is 0 Å². The highest BCUT2D eigenvalue weighted by molar-refractivity contribution is 9.10. The Morgan fingerprint density at radius 2 is 2.20 bits per heavy atom. The molecule has 1 saturated carbocycles. The molecule has 4 rings (SSSR count). The molecule has 2 aromatic rings. The lowest BCUT2D eigenvalue weighted by molar-refractivity contribution is -0.132. The van der Waals surface area contributed by atoms with Gasteiger partial charge < -0.3 is 15.2 Å². The number of likely N-dealkylation sites (tertiary alicyclic amines) is 1. The summed E-state index contributed by atoms with van der Waals surface area (Å²) in [5, 5.41) is 17.2. The van der Waals surface area contributed by atoms with Crippen LogP contribution in [-0.2, 0) is 15.0 Å². The first-order valence-electron chi connectivity index (χ1n) is 11.8. The minimum atomic E-state index is -0.969. The van der Waals surface area contributed by atoms with Gasteiger partial charge in [0.1, 0.15) is 5.75 Å². The van der Waals surface area contributed by atoms with Crippen LogP contribution in [0.2, 0.25) is 0 Å².